The van der Waals surface area contributed by atoms with Gasteiger partial charge in [-0.1, -0.05) is 11.6 Å². The first-order valence-corrected chi connectivity index (χ1v) is 2.93. The third-order valence-corrected chi connectivity index (χ3v) is 1.62. The van der Waals surface area contributed by atoms with E-state index in [-0.39, 0.29) is 0 Å². The van der Waals surface area contributed by atoms with Gasteiger partial charge in [-0.05, 0) is 13.8 Å². The lowest BCUT2D eigenvalue weighted by Crippen LogP contribution is -2.55. The van der Waals surface area contributed by atoms with Crippen LogP contribution in [-0.2, 0) is 4.74 Å². The van der Waals surface area contributed by atoms with Gasteiger partial charge in [0.2, 0.25) is 0 Å². The molecule has 8 heavy (non-hydrogen) atoms. The number of rotatable bonds is 0. The van der Waals surface area contributed by atoms with Crippen LogP contribution in [0.15, 0.2) is 0 Å². The van der Waals surface area contributed by atoms with E-state index in [0.717, 1.165) is 0 Å². The fourth-order valence-electron chi connectivity index (χ4n) is 0.658. The van der Waals surface area contributed by atoms with Crippen molar-refractivity contribution in [2.24, 2.45) is 0 Å². The molecule has 1 aliphatic heterocycles. The first-order valence-electron chi connectivity index (χ1n) is 2.50. The Balaban J connectivity index is 2.47. The maximum Gasteiger partial charge on any atom is 0.168 e. The lowest BCUT2D eigenvalue weighted by molar-refractivity contribution is -0.210. The molecule has 0 saturated carbocycles. The summed E-state index contributed by atoms with van der Waals surface area (Å²) in [5, 5.41) is 0. The normalized spacial score (nSPS) is 43.5. The van der Waals surface area contributed by atoms with E-state index in [0.29, 0.717) is 0 Å². The fraction of sp³-hybridized carbons (Fsp3) is 1.00. The van der Waals surface area contributed by atoms with E-state index < -0.39 is 17.3 Å². The molecule has 1 fully saturated rings. The van der Waals surface area contributed by atoms with E-state index in [4.69, 9.17) is 16.3 Å². The van der Waals surface area contributed by atoms with E-state index in [1.165, 1.54) is 0 Å². The van der Waals surface area contributed by atoms with E-state index >= 15 is 0 Å². The van der Waals surface area contributed by atoms with E-state index in [2.05, 4.69) is 0 Å². The van der Waals surface area contributed by atoms with Crippen molar-refractivity contribution in [3.63, 3.8) is 0 Å². The van der Waals surface area contributed by atoms with Crippen molar-refractivity contribution < 1.29 is 9.13 Å². The molecule has 1 nitrogen and oxygen atoms in total. The van der Waals surface area contributed by atoms with Crippen molar-refractivity contribution in [2.75, 3.05) is 0 Å². The predicted octanol–water partition coefficient (Wildman–Crippen LogP) is 1.70. The van der Waals surface area contributed by atoms with Crippen molar-refractivity contribution >= 4 is 11.6 Å². The molecule has 2 unspecified atom stereocenters. The standard InChI is InChI=1S/C5H8ClFO/c1-5(2)3(7)4(6)8-5/h3-4H,1-2H3. The molecule has 0 amide bonds. The van der Waals surface area contributed by atoms with Gasteiger partial charge in [-0.25, -0.2) is 4.39 Å². The van der Waals surface area contributed by atoms with Crippen molar-refractivity contribution in [3.05, 3.63) is 0 Å². The summed E-state index contributed by atoms with van der Waals surface area (Å²) in [7, 11) is 0. The number of hydrogen-bond donors (Lipinski definition) is 0. The Morgan fingerprint density at radius 3 is 2.12 bits per heavy atom. The molecule has 1 rings (SSSR count). The van der Waals surface area contributed by atoms with Gasteiger partial charge in [-0.15, -0.1) is 0 Å². The van der Waals surface area contributed by atoms with Gasteiger partial charge in [0.1, 0.15) is 0 Å². The molecule has 0 spiro atoms. The minimum absolute atomic E-state index is 0.646. The Labute approximate surface area is 52.8 Å². The Morgan fingerprint density at radius 2 is 2.12 bits per heavy atom. The summed E-state index contributed by atoms with van der Waals surface area (Å²) in [6.07, 6.45) is -1.01. The molecule has 1 heterocycles. The number of alkyl halides is 2. The molecule has 0 radical (unpaired) electrons. The van der Waals surface area contributed by atoms with Crippen LogP contribution in [0, 0.1) is 0 Å². The monoisotopic (exact) mass is 138 g/mol. The molecule has 3 heteroatoms. The van der Waals surface area contributed by atoms with Crippen LogP contribution in [0.1, 0.15) is 13.8 Å². The van der Waals surface area contributed by atoms with Gasteiger partial charge in [-0.3, -0.25) is 0 Å². The Bertz CT molecular complexity index is 105. The number of halogens is 2. The van der Waals surface area contributed by atoms with Crippen LogP contribution < -0.4 is 0 Å². The first-order chi connectivity index (χ1) is 3.54. The second kappa shape index (κ2) is 1.58. The molecule has 1 saturated heterocycles. The van der Waals surface area contributed by atoms with Crippen molar-refractivity contribution in [1.82, 2.24) is 0 Å². The van der Waals surface area contributed by atoms with Gasteiger partial charge >= 0.3 is 0 Å². The van der Waals surface area contributed by atoms with Crippen LogP contribution in [-0.4, -0.2) is 17.3 Å². The molecule has 0 aromatic carbocycles. The van der Waals surface area contributed by atoms with Crippen molar-refractivity contribution in [1.29, 1.82) is 0 Å². The Morgan fingerprint density at radius 1 is 1.62 bits per heavy atom. The molecule has 2 atom stereocenters. The van der Waals surface area contributed by atoms with Crippen LogP contribution in [0.5, 0.6) is 0 Å². The maximum absolute atomic E-state index is 12.4. The Hall–Kier alpha value is 0.180. The van der Waals surface area contributed by atoms with Crippen LogP contribution in [0.2, 0.25) is 0 Å². The van der Waals surface area contributed by atoms with Gasteiger partial charge in [0.05, 0.1) is 5.60 Å². The van der Waals surface area contributed by atoms with Gasteiger partial charge in [0.15, 0.2) is 11.7 Å². The SMILES string of the molecule is CC1(C)OC(Cl)C1F. The molecular weight excluding hydrogens is 131 g/mol. The minimum atomic E-state index is -1.01. The van der Waals surface area contributed by atoms with Gasteiger partial charge in [-0.2, -0.15) is 0 Å². The summed E-state index contributed by atoms with van der Waals surface area (Å²) < 4.78 is 17.3. The summed E-state index contributed by atoms with van der Waals surface area (Å²) >= 11 is 5.29. The smallest absolute Gasteiger partial charge is 0.168 e. The molecule has 0 aromatic rings. The van der Waals surface area contributed by atoms with E-state index in [9.17, 15) is 4.39 Å². The average molecular weight is 139 g/mol. The summed E-state index contributed by atoms with van der Waals surface area (Å²) in [4.78, 5) is 0. The van der Waals surface area contributed by atoms with Crippen molar-refractivity contribution in [2.45, 2.75) is 31.2 Å². The molecular formula is C5H8ClFO. The summed E-state index contributed by atoms with van der Waals surface area (Å²) in [6.45, 7) is 3.35. The Kier molecular flexibility index (Phi) is 1.24. The molecule has 0 N–H and O–H groups in total. The average Bonchev–Trinajstić information content (AvgIpc) is 1.65. The second-order valence-corrected chi connectivity index (χ2v) is 2.90. The zero-order chi connectivity index (χ0) is 6.36. The summed E-state index contributed by atoms with van der Waals surface area (Å²) in [6, 6.07) is 0. The highest BCUT2D eigenvalue weighted by Crippen LogP contribution is 2.36. The highest BCUT2D eigenvalue weighted by Gasteiger charge is 2.48. The lowest BCUT2D eigenvalue weighted by Gasteiger charge is -2.43. The largest absolute Gasteiger partial charge is 0.350 e. The molecule has 48 valence electrons. The van der Waals surface area contributed by atoms with Gasteiger partial charge < -0.3 is 4.74 Å². The van der Waals surface area contributed by atoms with Gasteiger partial charge in [0, 0.05) is 0 Å². The molecule has 0 bridgehead atoms. The van der Waals surface area contributed by atoms with E-state index in [1.54, 1.807) is 13.8 Å². The third-order valence-electron chi connectivity index (χ3n) is 1.31. The maximum atomic E-state index is 12.4. The minimum Gasteiger partial charge on any atom is -0.350 e. The molecule has 0 aromatic heterocycles. The van der Waals surface area contributed by atoms with Crippen molar-refractivity contribution in [3.8, 4) is 0 Å². The highest BCUT2D eigenvalue weighted by atomic mass is 35.5. The zero-order valence-electron chi connectivity index (χ0n) is 4.82. The van der Waals surface area contributed by atoms with E-state index in [1.807, 2.05) is 0 Å². The topological polar surface area (TPSA) is 9.23 Å². The number of hydrogen-bond acceptors (Lipinski definition) is 1. The van der Waals surface area contributed by atoms with Crippen LogP contribution in [0.25, 0.3) is 0 Å². The quantitative estimate of drug-likeness (QED) is 0.463. The first kappa shape index (κ1) is 6.30. The van der Waals surface area contributed by atoms with Crippen LogP contribution in [0.3, 0.4) is 0 Å². The van der Waals surface area contributed by atoms with Crippen LogP contribution >= 0.6 is 11.6 Å². The second-order valence-electron chi connectivity index (χ2n) is 2.47. The summed E-state index contributed by atoms with van der Waals surface area (Å²) in [5.74, 6) is 0. The lowest BCUT2D eigenvalue weighted by atomic mass is 9.98. The summed E-state index contributed by atoms with van der Waals surface area (Å²) in [5.41, 5.74) is -1.36. The third kappa shape index (κ3) is 0.720. The van der Waals surface area contributed by atoms with Crippen LogP contribution in [0.4, 0.5) is 4.39 Å². The highest BCUT2D eigenvalue weighted by molar-refractivity contribution is 6.20. The fourth-order valence-corrected chi connectivity index (χ4v) is 1.19. The predicted molar refractivity (Wildman–Crippen MR) is 29.7 cm³/mol. The molecule has 0 aliphatic carbocycles. The molecule has 1 aliphatic rings. The van der Waals surface area contributed by atoms with Gasteiger partial charge in [0.25, 0.3) is 0 Å². The zero-order valence-corrected chi connectivity index (χ0v) is 5.57. The number of ether oxygens (including phenoxy) is 1.